The first-order valence-electron chi connectivity index (χ1n) is 5.14. The minimum Gasteiger partial charge on any atom is -0.303 e. The first-order chi connectivity index (χ1) is 5.40. The molecule has 1 fully saturated rings. The van der Waals surface area contributed by atoms with Crippen LogP contribution in [0.3, 0.4) is 0 Å². The average molecular weight is 222 g/mol. The van der Waals surface area contributed by atoms with Crippen molar-refractivity contribution in [2.45, 2.75) is 46.0 Å². The molecule has 0 radical (unpaired) electrons. The molecule has 2 unspecified atom stereocenters. The lowest BCUT2D eigenvalue weighted by molar-refractivity contribution is 0.281. The van der Waals surface area contributed by atoms with Gasteiger partial charge in [-0.3, -0.25) is 0 Å². The van der Waals surface area contributed by atoms with Gasteiger partial charge in [0.1, 0.15) is 0 Å². The summed E-state index contributed by atoms with van der Waals surface area (Å²) in [5.74, 6) is 0.918. The van der Waals surface area contributed by atoms with Gasteiger partial charge >= 0.3 is 0 Å². The molecule has 0 aromatic heterocycles. The van der Waals surface area contributed by atoms with E-state index in [0.717, 1.165) is 12.0 Å². The van der Waals surface area contributed by atoms with Crippen LogP contribution in [0.5, 0.6) is 0 Å². The van der Waals surface area contributed by atoms with Gasteiger partial charge in [0.05, 0.1) is 8.07 Å². The predicted octanol–water partition coefficient (Wildman–Crippen LogP) is 3.02. The van der Waals surface area contributed by atoms with Gasteiger partial charge < -0.3 is 4.90 Å². The van der Waals surface area contributed by atoms with Crippen LogP contribution in [-0.4, -0.2) is 31.7 Å². The number of hydrogen-bond acceptors (Lipinski definition) is 1. The molecule has 0 saturated carbocycles. The van der Waals surface area contributed by atoms with E-state index in [0.29, 0.717) is 0 Å². The molecule has 13 heavy (non-hydrogen) atoms. The lowest BCUT2D eigenvalue weighted by atomic mass is 10.1. The molecule has 1 nitrogen and oxygen atoms in total. The third-order valence-electron chi connectivity index (χ3n) is 2.95. The summed E-state index contributed by atoms with van der Waals surface area (Å²) >= 11 is 0. The molecule has 80 valence electrons. The van der Waals surface area contributed by atoms with E-state index in [4.69, 9.17) is 0 Å². The fourth-order valence-corrected chi connectivity index (χ4v) is 3.67. The average Bonchev–Trinajstić information content (AvgIpc) is 2.16. The largest absolute Gasteiger partial charge is 0.303 e. The maximum Gasteiger partial charge on any atom is 0.0599 e. The molecule has 1 heterocycles. The van der Waals surface area contributed by atoms with Crippen LogP contribution in [0.15, 0.2) is 0 Å². The van der Waals surface area contributed by atoms with Crippen molar-refractivity contribution in [2.75, 3.05) is 12.7 Å². The van der Waals surface area contributed by atoms with Crippen LogP contribution in [0.1, 0.15) is 20.3 Å². The molecule has 0 aromatic rings. The van der Waals surface area contributed by atoms with Gasteiger partial charge in [-0.15, -0.1) is 12.4 Å². The van der Waals surface area contributed by atoms with Crippen LogP contribution >= 0.6 is 12.4 Å². The summed E-state index contributed by atoms with van der Waals surface area (Å²) in [5, 5.41) is 0. The van der Waals surface area contributed by atoms with Crippen molar-refractivity contribution in [1.82, 2.24) is 4.90 Å². The van der Waals surface area contributed by atoms with E-state index in [1.807, 2.05) is 0 Å². The second-order valence-electron chi connectivity index (χ2n) is 5.54. The van der Waals surface area contributed by atoms with Crippen LogP contribution in [0, 0.1) is 5.92 Å². The van der Waals surface area contributed by atoms with Crippen molar-refractivity contribution in [3.05, 3.63) is 0 Å². The van der Waals surface area contributed by atoms with Gasteiger partial charge in [-0.25, -0.2) is 0 Å². The summed E-state index contributed by atoms with van der Waals surface area (Å²) in [6.45, 7) is 13.5. The highest BCUT2D eigenvalue weighted by Gasteiger charge is 2.30. The van der Waals surface area contributed by atoms with E-state index >= 15 is 0 Å². The summed E-state index contributed by atoms with van der Waals surface area (Å²) in [7, 11) is -0.868. The quantitative estimate of drug-likeness (QED) is 0.649. The molecule has 1 saturated heterocycles. The monoisotopic (exact) mass is 221 g/mol. The first-order valence-corrected chi connectivity index (χ1v) is 8.85. The minimum absolute atomic E-state index is 0. The molecule has 1 aliphatic rings. The van der Waals surface area contributed by atoms with E-state index < -0.39 is 8.07 Å². The number of hydrogen-bond donors (Lipinski definition) is 0. The number of rotatable bonds is 2. The molecule has 0 bridgehead atoms. The molecule has 0 spiro atoms. The van der Waals surface area contributed by atoms with Gasteiger partial charge in [-0.2, -0.15) is 0 Å². The molecular weight excluding hydrogens is 198 g/mol. The van der Waals surface area contributed by atoms with E-state index in [2.05, 4.69) is 38.4 Å². The normalized spacial score (nSPS) is 30.2. The topological polar surface area (TPSA) is 3.24 Å². The van der Waals surface area contributed by atoms with Crippen molar-refractivity contribution in [1.29, 1.82) is 0 Å². The Labute approximate surface area is 90.3 Å². The summed E-state index contributed by atoms with van der Waals surface area (Å²) in [5.41, 5.74) is 0. The van der Waals surface area contributed by atoms with Crippen LogP contribution < -0.4 is 0 Å². The molecule has 0 N–H and O–H groups in total. The maximum absolute atomic E-state index is 2.69. The maximum atomic E-state index is 2.69. The van der Waals surface area contributed by atoms with Crippen LogP contribution in [0.2, 0.25) is 19.6 Å². The highest BCUT2D eigenvalue weighted by molar-refractivity contribution is 6.76. The van der Waals surface area contributed by atoms with Crippen molar-refractivity contribution < 1.29 is 0 Å². The smallest absolute Gasteiger partial charge is 0.0599 e. The first kappa shape index (κ1) is 13.5. The van der Waals surface area contributed by atoms with Gasteiger partial charge in [-0.1, -0.05) is 26.6 Å². The molecule has 0 aliphatic carbocycles. The van der Waals surface area contributed by atoms with E-state index in [1.54, 1.807) is 0 Å². The molecule has 0 amide bonds. The van der Waals surface area contributed by atoms with Crippen LogP contribution in [0.25, 0.3) is 0 Å². The summed E-state index contributed by atoms with van der Waals surface area (Å²) in [6.07, 6.45) is 2.80. The molecule has 3 heteroatoms. The third-order valence-corrected chi connectivity index (χ3v) is 4.30. The van der Waals surface area contributed by atoms with Crippen LogP contribution in [-0.2, 0) is 0 Å². The SMILES string of the molecule is CC1CCN(C[Si](C)(C)C)C1C.Cl. The molecule has 0 aromatic carbocycles. The highest BCUT2D eigenvalue weighted by atomic mass is 35.5. The zero-order chi connectivity index (χ0) is 9.35. The lowest BCUT2D eigenvalue weighted by Crippen LogP contribution is -2.42. The van der Waals surface area contributed by atoms with Gasteiger partial charge in [0, 0.05) is 6.04 Å². The second-order valence-corrected chi connectivity index (χ2v) is 11.0. The Hall–Kier alpha value is 0.467. The molecule has 2 atom stereocenters. The predicted molar refractivity (Wildman–Crippen MR) is 65.4 cm³/mol. The van der Waals surface area contributed by atoms with E-state index in [1.165, 1.54) is 19.1 Å². The van der Waals surface area contributed by atoms with E-state index in [-0.39, 0.29) is 12.4 Å². The standard InChI is InChI=1S/C10H23NSi.ClH/c1-9-6-7-11(10(9)2)8-12(3,4)5;/h9-10H,6-8H2,1-5H3;1H. The summed E-state index contributed by atoms with van der Waals surface area (Å²) in [6, 6.07) is 0.830. The zero-order valence-electron chi connectivity index (χ0n) is 9.63. The van der Waals surface area contributed by atoms with Crippen molar-refractivity contribution in [2.24, 2.45) is 5.92 Å². The van der Waals surface area contributed by atoms with Gasteiger partial charge in [0.25, 0.3) is 0 Å². The Bertz CT molecular complexity index is 155. The van der Waals surface area contributed by atoms with Gasteiger partial charge in [-0.05, 0) is 32.0 Å². The molecular formula is C10H24ClNSi. The highest BCUT2D eigenvalue weighted by Crippen LogP contribution is 2.24. The van der Waals surface area contributed by atoms with Gasteiger partial charge in [0.15, 0.2) is 0 Å². The minimum atomic E-state index is -0.868. The number of nitrogens with zero attached hydrogens (tertiary/aromatic N) is 1. The summed E-state index contributed by atoms with van der Waals surface area (Å²) < 4.78 is 0. The lowest BCUT2D eigenvalue weighted by Gasteiger charge is -2.29. The van der Waals surface area contributed by atoms with Crippen molar-refractivity contribution in [3.8, 4) is 0 Å². The van der Waals surface area contributed by atoms with Crippen LogP contribution in [0.4, 0.5) is 0 Å². The number of likely N-dealkylation sites (tertiary alicyclic amines) is 1. The Kier molecular flexibility index (Phi) is 4.98. The molecule has 1 aliphatic heterocycles. The number of halogens is 1. The van der Waals surface area contributed by atoms with Crippen molar-refractivity contribution in [3.63, 3.8) is 0 Å². The zero-order valence-corrected chi connectivity index (χ0v) is 11.4. The third kappa shape index (κ3) is 4.01. The second kappa shape index (κ2) is 4.81. The fraction of sp³-hybridized carbons (Fsp3) is 1.00. The Morgan fingerprint density at radius 1 is 1.23 bits per heavy atom. The Morgan fingerprint density at radius 2 is 1.77 bits per heavy atom. The Morgan fingerprint density at radius 3 is 2.08 bits per heavy atom. The van der Waals surface area contributed by atoms with E-state index in [9.17, 15) is 0 Å². The fourth-order valence-electron chi connectivity index (χ4n) is 2.01. The van der Waals surface area contributed by atoms with Gasteiger partial charge in [0.2, 0.25) is 0 Å². The molecule has 1 rings (SSSR count). The van der Waals surface area contributed by atoms with Crippen molar-refractivity contribution >= 4 is 20.5 Å². The summed E-state index contributed by atoms with van der Waals surface area (Å²) in [4.78, 5) is 2.69. The Balaban J connectivity index is 0.00000144.